The first-order valence-electron chi connectivity index (χ1n) is 7.08. The van der Waals surface area contributed by atoms with E-state index < -0.39 is 0 Å². The van der Waals surface area contributed by atoms with Gasteiger partial charge in [0.2, 0.25) is 0 Å². The fraction of sp³-hybridized carbons (Fsp3) is 0.647. The summed E-state index contributed by atoms with van der Waals surface area (Å²) < 4.78 is 0. The third kappa shape index (κ3) is 10.1. The highest BCUT2D eigenvalue weighted by Crippen LogP contribution is 2.32. The van der Waals surface area contributed by atoms with Crippen molar-refractivity contribution in [3.05, 3.63) is 36.5 Å². The molecule has 1 rings (SSSR count). The lowest BCUT2D eigenvalue weighted by atomic mass is 9.83. The maximum absolute atomic E-state index is 3.00. The molecule has 0 spiro atoms. The standard InChI is InChI=1S/C11H18.2C2H6.C2H4/c1-4-10-7-6-9(3)8-11(10)5-2;3*1-2/h4-5,9H,6-8H2,1-3H3;2*1-2H3;1-2H2/b10-4-,11-5-;;;/t9-;;;/m0.../s1. The van der Waals surface area contributed by atoms with Gasteiger partial charge in [-0.2, -0.15) is 0 Å². The molecule has 1 aliphatic rings. The topological polar surface area (TPSA) is 0 Å². The summed E-state index contributed by atoms with van der Waals surface area (Å²) in [5.74, 6) is 0.893. The minimum Gasteiger partial charge on any atom is -0.106 e. The molecule has 17 heavy (non-hydrogen) atoms. The van der Waals surface area contributed by atoms with E-state index in [1.807, 2.05) is 27.7 Å². The van der Waals surface area contributed by atoms with E-state index in [9.17, 15) is 0 Å². The Hall–Kier alpha value is -0.780. The maximum Gasteiger partial charge on any atom is -0.0254 e. The Labute approximate surface area is 111 Å². The zero-order valence-corrected chi connectivity index (χ0v) is 13.3. The maximum atomic E-state index is 3.00. The molecule has 0 heterocycles. The molecule has 0 heteroatoms. The molecule has 1 atom stereocenters. The average molecular weight is 238 g/mol. The highest BCUT2D eigenvalue weighted by Gasteiger charge is 2.15. The van der Waals surface area contributed by atoms with E-state index in [0.717, 1.165) is 5.92 Å². The summed E-state index contributed by atoms with van der Waals surface area (Å²) in [6.07, 6.45) is 8.48. The van der Waals surface area contributed by atoms with Crippen LogP contribution in [-0.2, 0) is 0 Å². The predicted molar refractivity (Wildman–Crippen MR) is 84.5 cm³/mol. The van der Waals surface area contributed by atoms with Gasteiger partial charge in [0.05, 0.1) is 0 Å². The van der Waals surface area contributed by atoms with Gasteiger partial charge in [0.15, 0.2) is 0 Å². The molecule has 0 radical (unpaired) electrons. The molecule has 0 aromatic carbocycles. The monoisotopic (exact) mass is 238 g/mol. The molecule has 0 unspecified atom stereocenters. The van der Waals surface area contributed by atoms with Gasteiger partial charge >= 0.3 is 0 Å². The van der Waals surface area contributed by atoms with Gasteiger partial charge in [0.25, 0.3) is 0 Å². The fourth-order valence-corrected chi connectivity index (χ4v) is 1.80. The van der Waals surface area contributed by atoms with Crippen molar-refractivity contribution >= 4 is 0 Å². The van der Waals surface area contributed by atoms with Crippen molar-refractivity contribution in [3.63, 3.8) is 0 Å². The molecular weight excluding hydrogens is 204 g/mol. The SMILES string of the molecule is C/C=C1/CC[C@H](C)C/C1=C/C.C=C.CC.CC. The van der Waals surface area contributed by atoms with Crippen LogP contribution in [0.2, 0.25) is 0 Å². The van der Waals surface area contributed by atoms with Crippen LogP contribution >= 0.6 is 0 Å². The van der Waals surface area contributed by atoms with Gasteiger partial charge in [-0.3, -0.25) is 0 Å². The van der Waals surface area contributed by atoms with E-state index in [1.54, 1.807) is 11.1 Å². The van der Waals surface area contributed by atoms with Crippen molar-refractivity contribution in [1.82, 2.24) is 0 Å². The van der Waals surface area contributed by atoms with E-state index in [-0.39, 0.29) is 0 Å². The normalized spacial score (nSPS) is 22.4. The second kappa shape index (κ2) is 17.6. The van der Waals surface area contributed by atoms with Crippen LogP contribution in [0.25, 0.3) is 0 Å². The van der Waals surface area contributed by atoms with E-state index >= 15 is 0 Å². The zero-order valence-electron chi connectivity index (χ0n) is 13.3. The molecule has 0 aromatic rings. The van der Waals surface area contributed by atoms with Crippen LogP contribution in [0.1, 0.15) is 67.7 Å². The van der Waals surface area contributed by atoms with Gasteiger partial charge in [-0.25, -0.2) is 0 Å². The first-order valence-corrected chi connectivity index (χ1v) is 7.08. The Bertz CT molecular complexity index is 196. The zero-order chi connectivity index (χ0) is 14.3. The quantitative estimate of drug-likeness (QED) is 0.419. The third-order valence-electron chi connectivity index (χ3n) is 2.58. The molecular formula is C17H34. The summed E-state index contributed by atoms with van der Waals surface area (Å²) in [6.45, 7) is 20.6. The Kier molecular flexibility index (Phi) is 22.3. The summed E-state index contributed by atoms with van der Waals surface area (Å²) in [6, 6.07) is 0. The minimum absolute atomic E-state index is 0.893. The highest BCUT2D eigenvalue weighted by atomic mass is 14.2. The Balaban J connectivity index is -0.000000285. The van der Waals surface area contributed by atoms with Gasteiger partial charge in [-0.05, 0) is 50.2 Å². The highest BCUT2D eigenvalue weighted by molar-refractivity contribution is 5.32. The van der Waals surface area contributed by atoms with Gasteiger partial charge in [-0.1, -0.05) is 46.8 Å². The number of hydrogen-bond donors (Lipinski definition) is 0. The van der Waals surface area contributed by atoms with Crippen LogP contribution in [0.3, 0.4) is 0 Å². The van der Waals surface area contributed by atoms with Crippen molar-refractivity contribution in [3.8, 4) is 0 Å². The second-order valence-electron chi connectivity index (χ2n) is 3.48. The Morgan fingerprint density at radius 1 is 0.941 bits per heavy atom. The smallest absolute Gasteiger partial charge is 0.0254 e. The minimum atomic E-state index is 0.893. The number of rotatable bonds is 0. The average Bonchev–Trinajstić information content (AvgIpc) is 2.45. The van der Waals surface area contributed by atoms with Crippen LogP contribution < -0.4 is 0 Å². The molecule has 0 aromatic heterocycles. The van der Waals surface area contributed by atoms with Crippen LogP contribution in [-0.4, -0.2) is 0 Å². The lowest BCUT2D eigenvalue weighted by Crippen LogP contribution is -2.06. The molecule has 102 valence electrons. The van der Waals surface area contributed by atoms with Gasteiger partial charge in [0, 0.05) is 0 Å². The van der Waals surface area contributed by atoms with Gasteiger partial charge in [-0.15, -0.1) is 13.2 Å². The van der Waals surface area contributed by atoms with Crippen molar-refractivity contribution in [2.45, 2.75) is 67.7 Å². The predicted octanol–water partition coefficient (Wildman–Crippen LogP) is 6.55. The van der Waals surface area contributed by atoms with Crippen molar-refractivity contribution < 1.29 is 0 Å². The first kappa shape index (κ1) is 21.5. The largest absolute Gasteiger partial charge is 0.106 e. The Morgan fingerprint density at radius 3 is 1.71 bits per heavy atom. The fourth-order valence-electron chi connectivity index (χ4n) is 1.80. The van der Waals surface area contributed by atoms with Gasteiger partial charge < -0.3 is 0 Å². The van der Waals surface area contributed by atoms with Gasteiger partial charge in [0.1, 0.15) is 0 Å². The number of hydrogen-bond acceptors (Lipinski definition) is 0. The Morgan fingerprint density at radius 2 is 1.35 bits per heavy atom. The molecule has 0 N–H and O–H groups in total. The molecule has 1 aliphatic carbocycles. The van der Waals surface area contributed by atoms with Crippen molar-refractivity contribution in [1.29, 1.82) is 0 Å². The van der Waals surface area contributed by atoms with Crippen LogP contribution in [0, 0.1) is 5.92 Å². The van der Waals surface area contributed by atoms with Crippen LogP contribution in [0.4, 0.5) is 0 Å². The third-order valence-corrected chi connectivity index (χ3v) is 2.58. The molecule has 0 saturated heterocycles. The summed E-state index contributed by atoms with van der Waals surface area (Å²) in [4.78, 5) is 0. The molecule has 0 aliphatic heterocycles. The summed E-state index contributed by atoms with van der Waals surface area (Å²) >= 11 is 0. The lowest BCUT2D eigenvalue weighted by molar-refractivity contribution is 0.497. The summed E-state index contributed by atoms with van der Waals surface area (Å²) in [5, 5.41) is 0. The van der Waals surface area contributed by atoms with Crippen LogP contribution in [0.5, 0.6) is 0 Å². The molecule has 1 fully saturated rings. The summed E-state index contributed by atoms with van der Waals surface area (Å²) in [5.41, 5.74) is 3.15. The summed E-state index contributed by atoms with van der Waals surface area (Å²) in [7, 11) is 0. The molecule has 1 saturated carbocycles. The van der Waals surface area contributed by atoms with E-state index in [0.29, 0.717) is 0 Å². The number of allylic oxidation sites excluding steroid dienone is 4. The molecule has 0 bridgehead atoms. The van der Waals surface area contributed by atoms with Crippen molar-refractivity contribution in [2.24, 2.45) is 5.92 Å². The van der Waals surface area contributed by atoms with E-state index in [2.05, 4.69) is 46.1 Å². The van der Waals surface area contributed by atoms with Crippen molar-refractivity contribution in [2.75, 3.05) is 0 Å². The van der Waals surface area contributed by atoms with E-state index in [1.165, 1.54) is 19.3 Å². The molecule has 0 amide bonds. The lowest BCUT2D eigenvalue weighted by Gasteiger charge is -2.23. The second-order valence-corrected chi connectivity index (χ2v) is 3.48. The van der Waals surface area contributed by atoms with E-state index in [4.69, 9.17) is 0 Å². The molecule has 0 nitrogen and oxygen atoms in total. The first-order chi connectivity index (χ1) is 8.27. The van der Waals surface area contributed by atoms with Crippen LogP contribution in [0.15, 0.2) is 36.5 Å².